The summed E-state index contributed by atoms with van der Waals surface area (Å²) in [7, 11) is -3.67. The summed E-state index contributed by atoms with van der Waals surface area (Å²) in [4.78, 5) is 11.9. The topological polar surface area (TPSA) is 63.2 Å². The van der Waals surface area contributed by atoms with E-state index < -0.39 is 22.6 Å². The molecule has 4 nitrogen and oxygen atoms in total. The molecule has 6 heteroatoms. The van der Waals surface area contributed by atoms with Crippen molar-refractivity contribution in [3.63, 3.8) is 0 Å². The van der Waals surface area contributed by atoms with Gasteiger partial charge in [-0.1, -0.05) is 20.3 Å². The van der Waals surface area contributed by atoms with Crippen molar-refractivity contribution in [1.82, 2.24) is 4.72 Å². The fourth-order valence-corrected chi connectivity index (χ4v) is 3.37. The molecule has 17 heavy (non-hydrogen) atoms. The fourth-order valence-electron chi connectivity index (χ4n) is 2.33. The average molecular weight is 265 g/mol. The molecule has 1 amide bonds. The van der Waals surface area contributed by atoms with Crippen LogP contribution in [0, 0.1) is 11.3 Å². The standard InChI is InChI=1S/C11H20FNO3S/c1-11(2)6-3-5-9(11)10(14)13-17(15,16)8-4-7-12/h9H,3-8H2,1-2H3,(H,13,14). The fraction of sp³-hybridized carbons (Fsp3) is 0.909. The number of alkyl halides is 1. The molecule has 1 aliphatic rings. The lowest BCUT2D eigenvalue weighted by Gasteiger charge is -2.25. The Bertz CT molecular complexity index is 378. The molecule has 0 aromatic heterocycles. The Morgan fingerprint density at radius 1 is 1.47 bits per heavy atom. The van der Waals surface area contributed by atoms with Gasteiger partial charge in [0.25, 0.3) is 0 Å². The number of carbonyl (C=O) groups excluding carboxylic acids is 1. The van der Waals surface area contributed by atoms with Crippen LogP contribution in [-0.4, -0.2) is 26.8 Å². The SMILES string of the molecule is CC1(C)CCCC1C(=O)NS(=O)(=O)CCCF. The molecule has 100 valence electrons. The van der Waals surface area contributed by atoms with E-state index in [1.807, 2.05) is 13.8 Å². The first-order valence-corrected chi connectivity index (χ1v) is 7.54. The smallest absolute Gasteiger partial charge is 0.237 e. The van der Waals surface area contributed by atoms with E-state index in [0.717, 1.165) is 19.3 Å². The van der Waals surface area contributed by atoms with E-state index in [0.29, 0.717) is 0 Å². The second-order valence-corrected chi connectivity index (χ2v) is 7.10. The third-order valence-electron chi connectivity index (χ3n) is 3.38. The van der Waals surface area contributed by atoms with Crippen LogP contribution in [0.3, 0.4) is 0 Å². The number of halogens is 1. The summed E-state index contributed by atoms with van der Waals surface area (Å²) in [6.45, 7) is 3.25. The largest absolute Gasteiger partial charge is 0.274 e. The summed E-state index contributed by atoms with van der Waals surface area (Å²) < 4.78 is 36.9. The Morgan fingerprint density at radius 2 is 2.12 bits per heavy atom. The Labute approximate surface area is 102 Å². The van der Waals surface area contributed by atoms with Crippen molar-refractivity contribution < 1.29 is 17.6 Å². The van der Waals surface area contributed by atoms with Crippen LogP contribution >= 0.6 is 0 Å². The third kappa shape index (κ3) is 3.94. The van der Waals surface area contributed by atoms with Crippen LogP contribution in [0.1, 0.15) is 39.5 Å². The molecule has 1 fully saturated rings. The van der Waals surface area contributed by atoms with E-state index in [-0.39, 0.29) is 23.5 Å². The molecule has 0 bridgehead atoms. The van der Waals surface area contributed by atoms with E-state index in [9.17, 15) is 17.6 Å². The van der Waals surface area contributed by atoms with Crippen molar-refractivity contribution in [2.24, 2.45) is 11.3 Å². The normalized spacial score (nSPS) is 23.6. The molecule has 1 atom stereocenters. The zero-order chi connectivity index (χ0) is 13.1. The van der Waals surface area contributed by atoms with E-state index in [4.69, 9.17) is 0 Å². The molecule has 1 rings (SSSR count). The number of carbonyl (C=O) groups is 1. The molecule has 0 heterocycles. The number of amides is 1. The monoisotopic (exact) mass is 265 g/mol. The lowest BCUT2D eigenvalue weighted by atomic mass is 9.81. The van der Waals surface area contributed by atoms with Crippen LogP contribution in [0.25, 0.3) is 0 Å². The first-order valence-electron chi connectivity index (χ1n) is 5.89. The van der Waals surface area contributed by atoms with Crippen LogP contribution in [0.2, 0.25) is 0 Å². The minimum atomic E-state index is -3.67. The molecule has 0 aromatic carbocycles. The van der Waals surface area contributed by atoms with Gasteiger partial charge in [-0.2, -0.15) is 0 Å². The predicted molar refractivity (Wildman–Crippen MR) is 63.6 cm³/mol. The van der Waals surface area contributed by atoms with Gasteiger partial charge in [0.1, 0.15) is 0 Å². The molecule has 0 aromatic rings. The summed E-state index contributed by atoms with van der Waals surface area (Å²) in [5.74, 6) is -1.03. The highest BCUT2D eigenvalue weighted by Crippen LogP contribution is 2.42. The summed E-state index contributed by atoms with van der Waals surface area (Å²) in [5.41, 5.74) is -0.153. The van der Waals surface area contributed by atoms with Gasteiger partial charge in [-0.15, -0.1) is 0 Å². The number of hydrogen-bond donors (Lipinski definition) is 1. The molecule has 0 radical (unpaired) electrons. The molecule has 1 N–H and O–H groups in total. The van der Waals surface area contributed by atoms with Gasteiger partial charge in [0.05, 0.1) is 12.4 Å². The van der Waals surface area contributed by atoms with E-state index in [2.05, 4.69) is 4.72 Å². The van der Waals surface area contributed by atoms with Crippen molar-refractivity contribution in [1.29, 1.82) is 0 Å². The molecule has 0 spiro atoms. The van der Waals surface area contributed by atoms with Crippen molar-refractivity contribution >= 4 is 15.9 Å². The van der Waals surface area contributed by atoms with Gasteiger partial charge in [0, 0.05) is 5.92 Å². The number of nitrogens with one attached hydrogen (secondary N) is 1. The molecular formula is C11H20FNO3S. The van der Waals surface area contributed by atoms with Crippen LogP contribution < -0.4 is 4.72 Å². The minimum absolute atomic E-state index is 0.0727. The Balaban J connectivity index is 2.60. The van der Waals surface area contributed by atoms with E-state index in [1.54, 1.807) is 0 Å². The maximum absolute atomic E-state index is 11.9. The van der Waals surface area contributed by atoms with Gasteiger partial charge in [0.2, 0.25) is 15.9 Å². The highest BCUT2D eigenvalue weighted by Gasteiger charge is 2.40. The van der Waals surface area contributed by atoms with Crippen LogP contribution in [0.15, 0.2) is 0 Å². The zero-order valence-electron chi connectivity index (χ0n) is 10.3. The van der Waals surface area contributed by atoms with Crippen molar-refractivity contribution in [2.75, 3.05) is 12.4 Å². The van der Waals surface area contributed by atoms with Crippen molar-refractivity contribution in [2.45, 2.75) is 39.5 Å². The minimum Gasteiger partial charge on any atom is -0.274 e. The zero-order valence-corrected chi connectivity index (χ0v) is 11.1. The number of sulfonamides is 1. The number of rotatable bonds is 5. The first-order chi connectivity index (χ1) is 7.78. The summed E-state index contributed by atoms with van der Waals surface area (Å²) in [6.07, 6.45) is 2.51. The summed E-state index contributed by atoms with van der Waals surface area (Å²) in [5, 5.41) is 0. The first kappa shape index (κ1) is 14.4. The van der Waals surface area contributed by atoms with Gasteiger partial charge in [-0.05, 0) is 24.7 Å². The second-order valence-electron chi connectivity index (χ2n) is 5.26. The Hall–Kier alpha value is -0.650. The highest BCUT2D eigenvalue weighted by molar-refractivity contribution is 7.90. The van der Waals surface area contributed by atoms with Crippen molar-refractivity contribution in [3.8, 4) is 0 Å². The van der Waals surface area contributed by atoms with Gasteiger partial charge < -0.3 is 0 Å². The van der Waals surface area contributed by atoms with Gasteiger partial charge in [0.15, 0.2) is 0 Å². The molecular weight excluding hydrogens is 245 g/mol. The maximum atomic E-state index is 11.9. The van der Waals surface area contributed by atoms with Gasteiger partial charge in [-0.25, -0.2) is 8.42 Å². The predicted octanol–water partition coefficient (Wildman–Crippen LogP) is 1.62. The highest BCUT2D eigenvalue weighted by atomic mass is 32.2. The quantitative estimate of drug-likeness (QED) is 0.821. The Morgan fingerprint density at radius 3 is 2.59 bits per heavy atom. The second kappa shape index (κ2) is 5.33. The summed E-state index contributed by atoms with van der Waals surface area (Å²) >= 11 is 0. The molecule has 0 saturated heterocycles. The average Bonchev–Trinajstić information content (AvgIpc) is 2.54. The van der Waals surface area contributed by atoms with Crippen LogP contribution in [0.5, 0.6) is 0 Å². The van der Waals surface area contributed by atoms with Crippen molar-refractivity contribution in [3.05, 3.63) is 0 Å². The lowest BCUT2D eigenvalue weighted by molar-refractivity contribution is -0.125. The molecule has 1 aliphatic carbocycles. The molecule has 1 saturated carbocycles. The van der Waals surface area contributed by atoms with Gasteiger partial charge >= 0.3 is 0 Å². The number of hydrogen-bond acceptors (Lipinski definition) is 3. The Kier molecular flexibility index (Phi) is 4.52. The molecule has 1 unspecified atom stereocenters. The van der Waals surface area contributed by atoms with E-state index >= 15 is 0 Å². The molecule has 0 aliphatic heterocycles. The lowest BCUT2D eigenvalue weighted by Crippen LogP contribution is -2.40. The van der Waals surface area contributed by atoms with Crippen LogP contribution in [0.4, 0.5) is 4.39 Å². The van der Waals surface area contributed by atoms with Crippen LogP contribution in [-0.2, 0) is 14.8 Å². The maximum Gasteiger partial charge on any atom is 0.237 e. The van der Waals surface area contributed by atoms with Gasteiger partial charge in [-0.3, -0.25) is 13.9 Å². The van der Waals surface area contributed by atoms with E-state index in [1.165, 1.54) is 0 Å². The summed E-state index contributed by atoms with van der Waals surface area (Å²) in [6, 6.07) is 0. The third-order valence-corrected chi connectivity index (χ3v) is 4.71.